The predicted molar refractivity (Wildman–Crippen MR) is 107 cm³/mol. The lowest BCUT2D eigenvalue weighted by molar-refractivity contribution is -0.124. The number of rotatable bonds is 6. The van der Waals surface area contributed by atoms with Gasteiger partial charge in [0.15, 0.2) is 6.61 Å². The molecule has 144 valence electrons. The Morgan fingerprint density at radius 1 is 1.11 bits per heavy atom. The second-order valence-corrected chi connectivity index (χ2v) is 7.44. The number of esters is 1. The molecule has 1 N–H and O–H groups in total. The maximum Gasteiger partial charge on any atom is 0.338 e. The summed E-state index contributed by atoms with van der Waals surface area (Å²) in [6.07, 6.45) is 0. The SMILES string of the molecule is Cc1ccc(C(=O)OCC(=O)N[C@@H](c2ccc(F)cc2)c2cccs2)c(C)c1. The number of thiophene rings is 1. The highest BCUT2D eigenvalue weighted by atomic mass is 32.1. The van der Waals surface area contributed by atoms with Gasteiger partial charge >= 0.3 is 5.97 Å². The van der Waals surface area contributed by atoms with Crippen LogP contribution in [-0.4, -0.2) is 18.5 Å². The minimum Gasteiger partial charge on any atom is -0.452 e. The fourth-order valence-corrected chi connectivity index (χ4v) is 3.69. The van der Waals surface area contributed by atoms with Gasteiger partial charge in [-0.3, -0.25) is 4.79 Å². The van der Waals surface area contributed by atoms with Crippen LogP contribution < -0.4 is 5.32 Å². The summed E-state index contributed by atoms with van der Waals surface area (Å²) in [6, 6.07) is 14.7. The molecule has 0 spiro atoms. The number of carbonyl (C=O) groups excluding carboxylic acids is 2. The van der Waals surface area contributed by atoms with Crippen molar-refractivity contribution in [1.82, 2.24) is 5.32 Å². The molecule has 0 radical (unpaired) electrons. The summed E-state index contributed by atoms with van der Waals surface area (Å²) in [5, 5.41) is 4.76. The highest BCUT2D eigenvalue weighted by Gasteiger charge is 2.19. The molecule has 0 aliphatic heterocycles. The smallest absolute Gasteiger partial charge is 0.338 e. The average molecular weight is 397 g/mol. The van der Waals surface area contributed by atoms with Crippen LogP contribution in [0.15, 0.2) is 60.0 Å². The molecule has 1 atom stereocenters. The van der Waals surface area contributed by atoms with Crippen molar-refractivity contribution in [1.29, 1.82) is 0 Å². The van der Waals surface area contributed by atoms with E-state index in [2.05, 4.69) is 5.32 Å². The van der Waals surface area contributed by atoms with Crippen molar-refractivity contribution in [2.45, 2.75) is 19.9 Å². The van der Waals surface area contributed by atoms with E-state index >= 15 is 0 Å². The molecular weight excluding hydrogens is 377 g/mol. The van der Waals surface area contributed by atoms with E-state index in [1.807, 2.05) is 43.5 Å². The molecule has 0 fully saturated rings. The van der Waals surface area contributed by atoms with Crippen LogP contribution in [0.1, 0.15) is 38.0 Å². The van der Waals surface area contributed by atoms with E-state index in [4.69, 9.17) is 4.74 Å². The minimum atomic E-state index is -0.540. The van der Waals surface area contributed by atoms with E-state index in [0.29, 0.717) is 5.56 Å². The summed E-state index contributed by atoms with van der Waals surface area (Å²) in [4.78, 5) is 25.6. The van der Waals surface area contributed by atoms with Crippen molar-refractivity contribution in [2.75, 3.05) is 6.61 Å². The van der Waals surface area contributed by atoms with Crippen molar-refractivity contribution in [3.63, 3.8) is 0 Å². The first kappa shape index (κ1) is 19.8. The number of hydrogen-bond donors (Lipinski definition) is 1. The van der Waals surface area contributed by atoms with Gasteiger partial charge in [-0.05, 0) is 54.6 Å². The van der Waals surface area contributed by atoms with Gasteiger partial charge in [0.25, 0.3) is 5.91 Å². The number of aryl methyl sites for hydroxylation is 2. The van der Waals surface area contributed by atoms with Crippen LogP contribution in [0, 0.1) is 19.7 Å². The van der Waals surface area contributed by atoms with Crippen LogP contribution >= 0.6 is 11.3 Å². The Bertz CT molecular complexity index is 968. The summed E-state index contributed by atoms with van der Waals surface area (Å²) in [5.74, 6) is -1.31. The van der Waals surface area contributed by atoms with Gasteiger partial charge in [-0.1, -0.05) is 35.9 Å². The van der Waals surface area contributed by atoms with Crippen molar-refractivity contribution in [2.24, 2.45) is 0 Å². The molecule has 28 heavy (non-hydrogen) atoms. The van der Waals surface area contributed by atoms with Gasteiger partial charge in [0.05, 0.1) is 11.6 Å². The Labute approximate surface area is 167 Å². The first-order chi connectivity index (χ1) is 13.4. The minimum absolute atomic E-state index is 0.345. The Kier molecular flexibility index (Phi) is 6.21. The lowest BCUT2D eigenvalue weighted by Gasteiger charge is -2.18. The molecule has 0 saturated carbocycles. The monoisotopic (exact) mass is 397 g/mol. The fourth-order valence-electron chi connectivity index (χ4n) is 2.88. The zero-order chi connectivity index (χ0) is 20.1. The average Bonchev–Trinajstić information content (AvgIpc) is 3.19. The molecule has 3 rings (SSSR count). The summed E-state index contributed by atoms with van der Waals surface area (Å²) in [5.41, 5.74) is 3.03. The van der Waals surface area contributed by atoms with E-state index in [1.165, 1.54) is 23.5 Å². The van der Waals surface area contributed by atoms with Gasteiger partial charge in [-0.2, -0.15) is 0 Å². The normalized spacial score (nSPS) is 11.7. The van der Waals surface area contributed by atoms with E-state index in [9.17, 15) is 14.0 Å². The Balaban J connectivity index is 1.67. The van der Waals surface area contributed by atoms with Crippen molar-refractivity contribution < 1.29 is 18.7 Å². The molecule has 6 heteroatoms. The first-order valence-corrected chi connectivity index (χ1v) is 9.64. The maximum absolute atomic E-state index is 13.2. The van der Waals surface area contributed by atoms with Gasteiger partial charge in [0, 0.05) is 4.88 Å². The molecule has 1 heterocycles. The second kappa shape index (κ2) is 8.80. The van der Waals surface area contributed by atoms with E-state index in [1.54, 1.807) is 18.2 Å². The molecule has 1 amide bonds. The molecule has 4 nitrogen and oxygen atoms in total. The molecule has 2 aromatic carbocycles. The largest absolute Gasteiger partial charge is 0.452 e. The summed E-state index contributed by atoms with van der Waals surface area (Å²) < 4.78 is 18.4. The number of amides is 1. The van der Waals surface area contributed by atoms with Crippen molar-refractivity contribution in [3.8, 4) is 0 Å². The second-order valence-electron chi connectivity index (χ2n) is 6.46. The molecule has 0 bridgehead atoms. The predicted octanol–water partition coefficient (Wildman–Crippen LogP) is 4.57. The quantitative estimate of drug-likeness (QED) is 0.620. The molecular formula is C22H20FNO3S. The fraction of sp³-hybridized carbons (Fsp3) is 0.182. The Hall–Kier alpha value is -2.99. The van der Waals surface area contributed by atoms with Crippen LogP contribution in [0.5, 0.6) is 0 Å². The van der Waals surface area contributed by atoms with Crippen LogP contribution in [0.4, 0.5) is 4.39 Å². The zero-order valence-corrected chi connectivity index (χ0v) is 16.4. The summed E-state index contributed by atoms with van der Waals surface area (Å²) in [7, 11) is 0. The number of nitrogens with one attached hydrogen (secondary N) is 1. The standard InChI is InChI=1S/C22H20FNO3S/c1-14-5-10-18(15(2)12-14)22(26)27-13-20(25)24-21(19-4-3-11-28-19)16-6-8-17(23)9-7-16/h3-12,21H,13H2,1-2H3,(H,24,25)/t21-/m0/s1. The highest BCUT2D eigenvalue weighted by molar-refractivity contribution is 7.10. The highest BCUT2D eigenvalue weighted by Crippen LogP contribution is 2.26. The molecule has 0 saturated heterocycles. The zero-order valence-electron chi connectivity index (χ0n) is 15.6. The van der Waals surface area contributed by atoms with Crippen LogP contribution in [-0.2, 0) is 9.53 Å². The number of halogens is 1. The summed E-state index contributed by atoms with van der Waals surface area (Å²) >= 11 is 1.48. The van der Waals surface area contributed by atoms with E-state index < -0.39 is 24.5 Å². The van der Waals surface area contributed by atoms with Crippen molar-refractivity contribution >= 4 is 23.2 Å². The van der Waals surface area contributed by atoms with Gasteiger partial charge in [-0.15, -0.1) is 11.3 Å². The van der Waals surface area contributed by atoms with E-state index in [0.717, 1.165) is 21.6 Å². The summed E-state index contributed by atoms with van der Waals surface area (Å²) in [6.45, 7) is 3.37. The molecule has 3 aromatic rings. The third kappa shape index (κ3) is 4.84. The lowest BCUT2D eigenvalue weighted by atomic mass is 10.1. The maximum atomic E-state index is 13.2. The molecule has 0 unspecified atom stereocenters. The van der Waals surface area contributed by atoms with Crippen LogP contribution in [0.2, 0.25) is 0 Å². The molecule has 0 aliphatic rings. The van der Waals surface area contributed by atoms with Gasteiger partial charge < -0.3 is 10.1 Å². The van der Waals surface area contributed by atoms with Crippen LogP contribution in [0.25, 0.3) is 0 Å². The van der Waals surface area contributed by atoms with Crippen molar-refractivity contribution in [3.05, 3.63) is 92.9 Å². The topological polar surface area (TPSA) is 55.4 Å². The third-order valence-corrected chi connectivity index (χ3v) is 5.21. The Morgan fingerprint density at radius 2 is 1.86 bits per heavy atom. The Morgan fingerprint density at radius 3 is 2.50 bits per heavy atom. The van der Waals surface area contributed by atoms with E-state index in [-0.39, 0.29) is 5.82 Å². The van der Waals surface area contributed by atoms with Crippen LogP contribution in [0.3, 0.4) is 0 Å². The lowest BCUT2D eigenvalue weighted by Crippen LogP contribution is -2.32. The molecule has 1 aromatic heterocycles. The third-order valence-electron chi connectivity index (χ3n) is 4.27. The van der Waals surface area contributed by atoms with Gasteiger partial charge in [-0.25, -0.2) is 9.18 Å². The number of carbonyl (C=O) groups is 2. The molecule has 0 aliphatic carbocycles. The number of ether oxygens (including phenoxy) is 1. The number of hydrogen-bond acceptors (Lipinski definition) is 4. The first-order valence-electron chi connectivity index (χ1n) is 8.76. The van der Waals surface area contributed by atoms with Gasteiger partial charge in [0.1, 0.15) is 5.82 Å². The number of benzene rings is 2. The van der Waals surface area contributed by atoms with Gasteiger partial charge in [0.2, 0.25) is 0 Å².